The lowest BCUT2D eigenvalue weighted by atomic mass is 10.3. The summed E-state index contributed by atoms with van der Waals surface area (Å²) >= 11 is 1.41. The van der Waals surface area contributed by atoms with Crippen LogP contribution in [0.3, 0.4) is 0 Å². The van der Waals surface area contributed by atoms with E-state index < -0.39 is 10.0 Å². The lowest BCUT2D eigenvalue weighted by Crippen LogP contribution is -2.33. The minimum atomic E-state index is -3.27. The second-order valence-corrected chi connectivity index (χ2v) is 8.22. The SMILES string of the molecule is CCNCCc1ccc(S(=O)(=O)N2CCCC2C)s1. The summed E-state index contributed by atoms with van der Waals surface area (Å²) in [4.78, 5) is 1.13. The van der Waals surface area contributed by atoms with Crippen LogP contribution in [0.5, 0.6) is 0 Å². The summed E-state index contributed by atoms with van der Waals surface area (Å²) in [6, 6.07) is 3.83. The average Bonchev–Trinajstić information content (AvgIpc) is 2.98. The molecule has 0 amide bonds. The van der Waals surface area contributed by atoms with Gasteiger partial charge in [-0.15, -0.1) is 11.3 Å². The number of nitrogens with zero attached hydrogens (tertiary/aromatic N) is 1. The van der Waals surface area contributed by atoms with Gasteiger partial charge in [-0.1, -0.05) is 6.92 Å². The van der Waals surface area contributed by atoms with Gasteiger partial charge in [-0.25, -0.2) is 8.42 Å². The Kier molecular flexibility index (Phi) is 5.00. The Bertz CT molecular complexity index is 510. The minimum Gasteiger partial charge on any atom is -0.317 e. The lowest BCUT2D eigenvalue weighted by Gasteiger charge is -2.19. The van der Waals surface area contributed by atoms with Gasteiger partial charge in [-0.2, -0.15) is 4.31 Å². The molecule has 19 heavy (non-hydrogen) atoms. The molecule has 1 aromatic rings. The van der Waals surface area contributed by atoms with Crippen LogP contribution in [0.4, 0.5) is 0 Å². The van der Waals surface area contributed by atoms with Crippen LogP contribution in [0.25, 0.3) is 0 Å². The van der Waals surface area contributed by atoms with Crippen LogP contribution in [-0.2, 0) is 16.4 Å². The van der Waals surface area contributed by atoms with Crippen molar-refractivity contribution < 1.29 is 8.42 Å². The predicted octanol–water partition coefficient (Wildman–Crippen LogP) is 2.07. The van der Waals surface area contributed by atoms with E-state index in [9.17, 15) is 8.42 Å². The molecule has 1 fully saturated rings. The highest BCUT2D eigenvalue weighted by atomic mass is 32.2. The van der Waals surface area contributed by atoms with Crippen LogP contribution >= 0.6 is 11.3 Å². The fourth-order valence-electron chi connectivity index (χ4n) is 2.40. The maximum absolute atomic E-state index is 12.5. The molecule has 2 rings (SSSR count). The molecule has 1 atom stereocenters. The Morgan fingerprint density at radius 2 is 2.26 bits per heavy atom. The topological polar surface area (TPSA) is 49.4 Å². The van der Waals surface area contributed by atoms with Crippen LogP contribution in [0.2, 0.25) is 0 Å². The van der Waals surface area contributed by atoms with Crippen molar-refractivity contribution in [3.8, 4) is 0 Å². The third-order valence-corrected chi connectivity index (χ3v) is 7.12. The van der Waals surface area contributed by atoms with E-state index in [4.69, 9.17) is 0 Å². The summed E-state index contributed by atoms with van der Waals surface area (Å²) in [7, 11) is -3.27. The Morgan fingerprint density at radius 1 is 1.47 bits per heavy atom. The van der Waals surface area contributed by atoms with Crippen molar-refractivity contribution in [2.45, 2.75) is 43.4 Å². The molecule has 0 bridgehead atoms. The molecule has 4 nitrogen and oxygen atoms in total. The summed E-state index contributed by atoms with van der Waals surface area (Å²) in [6.45, 7) is 6.57. The number of nitrogens with one attached hydrogen (secondary N) is 1. The van der Waals surface area contributed by atoms with Gasteiger partial charge in [0.2, 0.25) is 0 Å². The molecule has 1 aromatic heterocycles. The molecular formula is C13H22N2O2S2. The monoisotopic (exact) mass is 302 g/mol. The van der Waals surface area contributed by atoms with E-state index in [1.807, 2.05) is 13.0 Å². The van der Waals surface area contributed by atoms with Crippen molar-refractivity contribution >= 4 is 21.4 Å². The quantitative estimate of drug-likeness (QED) is 0.819. The highest BCUT2D eigenvalue weighted by molar-refractivity contribution is 7.91. The van der Waals surface area contributed by atoms with Crippen LogP contribution in [0.1, 0.15) is 31.6 Å². The van der Waals surface area contributed by atoms with E-state index in [1.165, 1.54) is 11.3 Å². The zero-order chi connectivity index (χ0) is 13.9. The summed E-state index contributed by atoms with van der Waals surface area (Å²) in [5, 5.41) is 3.25. The van der Waals surface area contributed by atoms with Crippen molar-refractivity contribution in [1.29, 1.82) is 0 Å². The van der Waals surface area contributed by atoms with Crippen LogP contribution in [-0.4, -0.2) is 38.4 Å². The highest BCUT2D eigenvalue weighted by Gasteiger charge is 2.33. The van der Waals surface area contributed by atoms with Gasteiger partial charge in [-0.05, 0) is 51.4 Å². The van der Waals surface area contributed by atoms with Crippen LogP contribution < -0.4 is 5.32 Å². The van der Waals surface area contributed by atoms with Gasteiger partial charge in [0, 0.05) is 17.5 Å². The van der Waals surface area contributed by atoms with Crippen molar-refractivity contribution in [3.63, 3.8) is 0 Å². The zero-order valence-electron chi connectivity index (χ0n) is 11.6. The first-order valence-electron chi connectivity index (χ1n) is 6.87. The highest BCUT2D eigenvalue weighted by Crippen LogP contribution is 2.30. The number of sulfonamides is 1. The molecule has 0 aliphatic carbocycles. The van der Waals surface area contributed by atoms with Gasteiger partial charge in [0.25, 0.3) is 10.0 Å². The lowest BCUT2D eigenvalue weighted by molar-refractivity contribution is 0.409. The number of hydrogen-bond acceptors (Lipinski definition) is 4. The molecule has 1 aliphatic rings. The van der Waals surface area contributed by atoms with E-state index in [0.717, 1.165) is 37.2 Å². The second-order valence-electron chi connectivity index (χ2n) is 4.93. The molecule has 1 aliphatic heterocycles. The first-order chi connectivity index (χ1) is 9.05. The summed E-state index contributed by atoms with van der Waals surface area (Å²) in [5.41, 5.74) is 0. The minimum absolute atomic E-state index is 0.136. The summed E-state index contributed by atoms with van der Waals surface area (Å²) < 4.78 is 27.2. The van der Waals surface area contributed by atoms with Gasteiger partial charge in [0.05, 0.1) is 0 Å². The molecule has 2 heterocycles. The van der Waals surface area contributed by atoms with E-state index in [1.54, 1.807) is 10.4 Å². The van der Waals surface area contributed by atoms with Gasteiger partial charge >= 0.3 is 0 Å². The number of likely N-dealkylation sites (N-methyl/N-ethyl adjacent to an activating group) is 1. The Morgan fingerprint density at radius 3 is 2.89 bits per heavy atom. The van der Waals surface area contributed by atoms with Crippen molar-refractivity contribution in [3.05, 3.63) is 17.0 Å². The molecule has 0 aromatic carbocycles. The van der Waals surface area contributed by atoms with Crippen molar-refractivity contribution in [1.82, 2.24) is 9.62 Å². The Labute approximate surface area is 119 Å². The molecule has 0 radical (unpaired) electrons. The molecule has 0 spiro atoms. The van der Waals surface area contributed by atoms with Crippen molar-refractivity contribution in [2.75, 3.05) is 19.6 Å². The third-order valence-electron chi connectivity index (χ3n) is 3.49. The van der Waals surface area contributed by atoms with Crippen molar-refractivity contribution in [2.24, 2.45) is 0 Å². The van der Waals surface area contributed by atoms with E-state index in [0.29, 0.717) is 10.8 Å². The first kappa shape index (κ1) is 15.0. The summed E-state index contributed by atoms with van der Waals surface area (Å²) in [5.74, 6) is 0. The van der Waals surface area contributed by atoms with E-state index in [-0.39, 0.29) is 6.04 Å². The molecule has 1 saturated heterocycles. The van der Waals surface area contributed by atoms with E-state index in [2.05, 4.69) is 12.2 Å². The molecule has 0 saturated carbocycles. The van der Waals surface area contributed by atoms with Crippen LogP contribution in [0, 0.1) is 0 Å². The third kappa shape index (κ3) is 3.37. The first-order valence-corrected chi connectivity index (χ1v) is 9.12. The largest absolute Gasteiger partial charge is 0.317 e. The maximum atomic E-state index is 12.5. The van der Waals surface area contributed by atoms with Gasteiger partial charge in [0.15, 0.2) is 0 Å². The Balaban J connectivity index is 2.08. The number of hydrogen-bond donors (Lipinski definition) is 1. The molecule has 1 N–H and O–H groups in total. The standard InChI is InChI=1S/C13H22N2O2S2/c1-3-14-9-8-12-6-7-13(18-12)19(16,17)15-10-4-5-11(15)2/h6-7,11,14H,3-5,8-10H2,1-2H3. The summed E-state index contributed by atoms with van der Waals surface area (Å²) in [6.07, 6.45) is 2.83. The van der Waals surface area contributed by atoms with E-state index >= 15 is 0 Å². The molecular weight excluding hydrogens is 280 g/mol. The fourth-order valence-corrected chi connectivity index (χ4v) is 5.58. The van der Waals surface area contributed by atoms with Gasteiger partial charge in [-0.3, -0.25) is 0 Å². The normalized spacial score (nSPS) is 21.1. The molecule has 1 unspecified atom stereocenters. The fraction of sp³-hybridized carbons (Fsp3) is 0.692. The van der Waals surface area contributed by atoms with Gasteiger partial charge < -0.3 is 5.32 Å². The Hall–Kier alpha value is -0.430. The molecule has 108 valence electrons. The second kappa shape index (κ2) is 6.35. The number of rotatable bonds is 6. The smallest absolute Gasteiger partial charge is 0.252 e. The zero-order valence-corrected chi connectivity index (χ0v) is 13.2. The maximum Gasteiger partial charge on any atom is 0.252 e. The average molecular weight is 302 g/mol. The van der Waals surface area contributed by atoms with Crippen LogP contribution in [0.15, 0.2) is 16.3 Å². The van der Waals surface area contributed by atoms with Gasteiger partial charge in [0.1, 0.15) is 4.21 Å². The predicted molar refractivity (Wildman–Crippen MR) is 79.2 cm³/mol. The molecule has 6 heteroatoms. The number of thiophene rings is 1.